The van der Waals surface area contributed by atoms with E-state index in [-0.39, 0.29) is 5.91 Å². The molecule has 1 amide bonds. The maximum absolute atomic E-state index is 12.6. The Balaban J connectivity index is 1.37. The standard InChI is InChI=1S/C22H18N4OS/c1-25-13-16(18-7-2-3-8-20(18)25)12-21(27)23-17-6-4-5-15(11-17)19-14-26-9-10-28-22(26)24-19/h2-11,13-14H,12H2,1H3,(H,23,27). The predicted molar refractivity (Wildman–Crippen MR) is 114 cm³/mol. The highest BCUT2D eigenvalue weighted by molar-refractivity contribution is 7.15. The molecule has 3 aromatic heterocycles. The van der Waals surface area contributed by atoms with Crippen molar-refractivity contribution < 1.29 is 4.79 Å². The van der Waals surface area contributed by atoms with E-state index in [0.29, 0.717) is 6.42 Å². The molecule has 3 heterocycles. The number of benzene rings is 2. The molecule has 0 fully saturated rings. The summed E-state index contributed by atoms with van der Waals surface area (Å²) in [5, 5.41) is 6.15. The summed E-state index contributed by atoms with van der Waals surface area (Å²) in [5.74, 6) is -0.0284. The van der Waals surface area contributed by atoms with E-state index in [0.717, 1.165) is 38.4 Å². The van der Waals surface area contributed by atoms with E-state index >= 15 is 0 Å². The van der Waals surface area contributed by atoms with Crippen LogP contribution in [0.4, 0.5) is 5.69 Å². The van der Waals surface area contributed by atoms with E-state index in [1.54, 1.807) is 11.3 Å². The van der Waals surface area contributed by atoms with Gasteiger partial charge in [-0.3, -0.25) is 9.20 Å². The number of anilines is 1. The molecular weight excluding hydrogens is 368 g/mol. The van der Waals surface area contributed by atoms with Gasteiger partial charge in [-0.25, -0.2) is 4.98 Å². The summed E-state index contributed by atoms with van der Waals surface area (Å²) in [6, 6.07) is 16.0. The molecule has 5 rings (SSSR count). The number of rotatable bonds is 4. The van der Waals surface area contributed by atoms with Gasteiger partial charge in [0.2, 0.25) is 5.91 Å². The molecule has 1 N–H and O–H groups in total. The SMILES string of the molecule is Cn1cc(CC(=O)Nc2cccc(-c3cn4ccsc4n3)c2)c2ccccc21. The number of imidazole rings is 1. The lowest BCUT2D eigenvalue weighted by Crippen LogP contribution is -2.14. The Morgan fingerprint density at radius 3 is 2.93 bits per heavy atom. The van der Waals surface area contributed by atoms with Crippen LogP contribution in [0, 0.1) is 0 Å². The van der Waals surface area contributed by atoms with Gasteiger partial charge in [-0.15, -0.1) is 11.3 Å². The first-order valence-electron chi connectivity index (χ1n) is 9.03. The normalized spacial score (nSPS) is 11.3. The number of fused-ring (bicyclic) bond motifs is 2. The van der Waals surface area contributed by atoms with Gasteiger partial charge in [0.25, 0.3) is 0 Å². The Hall–Kier alpha value is -3.38. The molecule has 0 unspecified atom stereocenters. The zero-order chi connectivity index (χ0) is 19.1. The van der Waals surface area contributed by atoms with Gasteiger partial charge < -0.3 is 9.88 Å². The van der Waals surface area contributed by atoms with Crippen LogP contribution < -0.4 is 5.32 Å². The average molecular weight is 386 g/mol. The molecule has 0 spiro atoms. The fourth-order valence-electron chi connectivity index (χ4n) is 3.57. The van der Waals surface area contributed by atoms with Gasteiger partial charge in [-0.05, 0) is 23.8 Å². The van der Waals surface area contributed by atoms with Crippen molar-refractivity contribution in [2.24, 2.45) is 7.05 Å². The maximum atomic E-state index is 12.6. The molecule has 0 saturated heterocycles. The van der Waals surface area contributed by atoms with Crippen LogP contribution in [0.1, 0.15) is 5.56 Å². The lowest BCUT2D eigenvalue weighted by Gasteiger charge is -2.06. The number of amides is 1. The summed E-state index contributed by atoms with van der Waals surface area (Å²) in [5.41, 5.74) is 4.82. The lowest BCUT2D eigenvalue weighted by atomic mass is 10.1. The van der Waals surface area contributed by atoms with Gasteiger partial charge in [0.05, 0.1) is 12.1 Å². The first-order chi connectivity index (χ1) is 13.7. The van der Waals surface area contributed by atoms with Gasteiger partial charge in [-0.2, -0.15) is 0 Å². The first kappa shape index (κ1) is 16.8. The van der Waals surface area contributed by atoms with Gasteiger partial charge in [0, 0.05) is 53.2 Å². The second kappa shape index (κ2) is 6.65. The van der Waals surface area contributed by atoms with Crippen molar-refractivity contribution in [3.63, 3.8) is 0 Å². The molecule has 0 aliphatic heterocycles. The van der Waals surface area contributed by atoms with Crippen molar-refractivity contribution in [3.8, 4) is 11.3 Å². The van der Waals surface area contributed by atoms with Gasteiger partial charge in [-0.1, -0.05) is 30.3 Å². The fourth-order valence-corrected chi connectivity index (χ4v) is 4.27. The molecule has 0 atom stereocenters. The van der Waals surface area contributed by atoms with Crippen LogP contribution in [0.2, 0.25) is 0 Å². The zero-order valence-corrected chi connectivity index (χ0v) is 16.1. The summed E-state index contributed by atoms with van der Waals surface area (Å²) < 4.78 is 4.06. The molecule has 2 aromatic carbocycles. The monoisotopic (exact) mass is 386 g/mol. The summed E-state index contributed by atoms with van der Waals surface area (Å²) >= 11 is 1.60. The molecule has 28 heavy (non-hydrogen) atoms. The van der Waals surface area contributed by atoms with E-state index in [1.807, 2.05) is 71.8 Å². The van der Waals surface area contributed by atoms with Crippen LogP contribution in [-0.4, -0.2) is 19.9 Å². The maximum Gasteiger partial charge on any atom is 0.228 e. The number of para-hydroxylation sites is 1. The van der Waals surface area contributed by atoms with Crippen molar-refractivity contribution >= 4 is 38.8 Å². The smallest absolute Gasteiger partial charge is 0.228 e. The van der Waals surface area contributed by atoms with Crippen molar-refractivity contribution in [2.45, 2.75) is 6.42 Å². The van der Waals surface area contributed by atoms with Crippen molar-refractivity contribution in [3.05, 3.63) is 78.1 Å². The van der Waals surface area contributed by atoms with E-state index in [1.165, 1.54) is 0 Å². The third kappa shape index (κ3) is 2.97. The Kier molecular flexibility index (Phi) is 3.98. The second-order valence-corrected chi connectivity index (χ2v) is 7.68. The summed E-state index contributed by atoms with van der Waals surface area (Å²) in [4.78, 5) is 18.2. The number of thiazole rings is 1. The Morgan fingerprint density at radius 2 is 2.04 bits per heavy atom. The zero-order valence-electron chi connectivity index (χ0n) is 15.3. The molecule has 0 aliphatic rings. The Bertz CT molecular complexity index is 1280. The Morgan fingerprint density at radius 1 is 1.14 bits per heavy atom. The third-order valence-electron chi connectivity index (χ3n) is 4.87. The van der Waals surface area contributed by atoms with Crippen molar-refractivity contribution in [1.29, 1.82) is 0 Å². The van der Waals surface area contributed by atoms with E-state index in [9.17, 15) is 4.79 Å². The fraction of sp³-hybridized carbons (Fsp3) is 0.0909. The number of nitrogens with zero attached hydrogens (tertiary/aromatic N) is 3. The molecule has 5 aromatic rings. The van der Waals surface area contributed by atoms with Crippen LogP contribution in [0.5, 0.6) is 0 Å². The third-order valence-corrected chi connectivity index (χ3v) is 5.64. The quantitative estimate of drug-likeness (QED) is 0.485. The highest BCUT2D eigenvalue weighted by Gasteiger charge is 2.12. The predicted octanol–water partition coefficient (Wildman–Crippen LogP) is 4.74. The van der Waals surface area contributed by atoms with Gasteiger partial charge in [0.15, 0.2) is 4.96 Å². The van der Waals surface area contributed by atoms with Crippen LogP contribution in [-0.2, 0) is 18.3 Å². The average Bonchev–Trinajstić information content (AvgIpc) is 3.37. The minimum absolute atomic E-state index is 0.0284. The highest BCUT2D eigenvalue weighted by Crippen LogP contribution is 2.25. The molecule has 5 nitrogen and oxygen atoms in total. The molecule has 0 aliphatic carbocycles. The van der Waals surface area contributed by atoms with E-state index < -0.39 is 0 Å². The molecule has 0 saturated carbocycles. The highest BCUT2D eigenvalue weighted by atomic mass is 32.1. The summed E-state index contributed by atoms with van der Waals surface area (Å²) in [6.07, 6.45) is 6.36. The topological polar surface area (TPSA) is 51.3 Å². The minimum Gasteiger partial charge on any atom is -0.350 e. The molecule has 138 valence electrons. The van der Waals surface area contributed by atoms with Crippen LogP contribution in [0.3, 0.4) is 0 Å². The van der Waals surface area contributed by atoms with Crippen LogP contribution in [0.15, 0.2) is 72.5 Å². The molecule has 6 heteroatoms. The van der Waals surface area contributed by atoms with Crippen molar-refractivity contribution in [1.82, 2.24) is 14.0 Å². The van der Waals surface area contributed by atoms with E-state index in [2.05, 4.69) is 27.0 Å². The molecule has 0 bridgehead atoms. The Labute approximate surface area is 165 Å². The van der Waals surface area contributed by atoms with Gasteiger partial charge >= 0.3 is 0 Å². The summed E-state index contributed by atoms with van der Waals surface area (Å²) in [6.45, 7) is 0. The number of aromatic nitrogens is 3. The number of nitrogens with one attached hydrogen (secondary N) is 1. The van der Waals surface area contributed by atoms with Crippen molar-refractivity contribution in [2.75, 3.05) is 5.32 Å². The first-order valence-corrected chi connectivity index (χ1v) is 9.91. The number of carbonyl (C=O) groups excluding carboxylic acids is 1. The number of hydrogen-bond donors (Lipinski definition) is 1. The minimum atomic E-state index is -0.0284. The van der Waals surface area contributed by atoms with Gasteiger partial charge in [0.1, 0.15) is 0 Å². The number of hydrogen-bond acceptors (Lipinski definition) is 3. The lowest BCUT2D eigenvalue weighted by molar-refractivity contribution is -0.115. The second-order valence-electron chi connectivity index (χ2n) is 6.81. The van der Waals surface area contributed by atoms with Crippen LogP contribution >= 0.6 is 11.3 Å². The summed E-state index contributed by atoms with van der Waals surface area (Å²) in [7, 11) is 2.00. The number of aryl methyl sites for hydroxylation is 1. The largest absolute Gasteiger partial charge is 0.350 e. The molecular formula is C22H18N4OS. The van der Waals surface area contributed by atoms with E-state index in [4.69, 9.17) is 0 Å². The van der Waals surface area contributed by atoms with Crippen LogP contribution in [0.25, 0.3) is 27.1 Å². The number of carbonyl (C=O) groups is 1. The molecule has 0 radical (unpaired) electrons.